The number of anilines is 1. The highest BCUT2D eigenvalue weighted by molar-refractivity contribution is 6.03. The van der Waals surface area contributed by atoms with E-state index in [9.17, 15) is 9.59 Å². The summed E-state index contributed by atoms with van der Waals surface area (Å²) < 4.78 is 5.02. The Balaban J connectivity index is 2.17. The molecule has 0 radical (unpaired) electrons. The van der Waals surface area contributed by atoms with Crippen LogP contribution in [0.3, 0.4) is 0 Å². The van der Waals surface area contributed by atoms with Crippen LogP contribution in [-0.2, 0) is 11.3 Å². The molecule has 98 valence electrons. The molecule has 1 aromatic heterocycles. The van der Waals surface area contributed by atoms with Gasteiger partial charge in [-0.2, -0.15) is 0 Å². The quantitative estimate of drug-likeness (QED) is 0.878. The number of pyridine rings is 1. The number of ether oxygens (including phenoxy) is 1. The van der Waals surface area contributed by atoms with Gasteiger partial charge in [0, 0.05) is 19.0 Å². The van der Waals surface area contributed by atoms with Gasteiger partial charge in [0.2, 0.25) is 0 Å². The summed E-state index contributed by atoms with van der Waals surface area (Å²) in [5, 5.41) is 2.68. The Morgan fingerprint density at radius 2 is 2.16 bits per heavy atom. The summed E-state index contributed by atoms with van der Waals surface area (Å²) >= 11 is 0. The monoisotopic (exact) mass is 258 g/mol. The van der Waals surface area contributed by atoms with Crippen molar-refractivity contribution in [3.63, 3.8) is 0 Å². The van der Waals surface area contributed by atoms with Gasteiger partial charge in [-0.15, -0.1) is 0 Å². The number of hydrogen-bond acceptors (Lipinski definition) is 3. The van der Waals surface area contributed by atoms with Crippen LogP contribution in [0, 0.1) is 0 Å². The van der Waals surface area contributed by atoms with Crippen LogP contribution in [-0.4, -0.2) is 18.0 Å². The molecule has 1 aromatic carbocycles. The Morgan fingerprint density at radius 3 is 2.89 bits per heavy atom. The molecule has 0 aliphatic heterocycles. The zero-order chi connectivity index (χ0) is 13.7. The van der Waals surface area contributed by atoms with Gasteiger partial charge in [-0.3, -0.25) is 9.59 Å². The summed E-state index contributed by atoms with van der Waals surface area (Å²) in [5.74, 6) is -0.434. The van der Waals surface area contributed by atoms with Crippen molar-refractivity contribution in [3.8, 4) is 0 Å². The van der Waals surface area contributed by atoms with E-state index in [1.165, 1.54) is 12.3 Å². The molecule has 2 rings (SSSR count). The minimum atomic E-state index is -0.434. The summed E-state index contributed by atoms with van der Waals surface area (Å²) in [5.41, 5.74) is 1.25. The molecular weight excluding hydrogens is 244 g/mol. The van der Waals surface area contributed by atoms with Crippen molar-refractivity contribution in [3.05, 3.63) is 64.1 Å². The average molecular weight is 258 g/mol. The summed E-state index contributed by atoms with van der Waals surface area (Å²) in [6, 6.07) is 10.4. The molecule has 2 aromatic rings. The van der Waals surface area contributed by atoms with E-state index in [4.69, 9.17) is 4.74 Å². The molecule has 0 fully saturated rings. The lowest BCUT2D eigenvalue weighted by atomic mass is 10.2. The van der Waals surface area contributed by atoms with Crippen molar-refractivity contribution < 1.29 is 9.53 Å². The molecule has 1 heterocycles. The number of methoxy groups -OCH3 is 1. The number of hydrogen-bond donors (Lipinski definition) is 2. The van der Waals surface area contributed by atoms with Crippen molar-refractivity contribution in [2.45, 2.75) is 6.61 Å². The Bertz CT molecular complexity index is 634. The minimum absolute atomic E-state index is 0.0830. The third-order valence-electron chi connectivity index (χ3n) is 2.56. The fourth-order valence-electron chi connectivity index (χ4n) is 1.70. The van der Waals surface area contributed by atoms with Crippen molar-refractivity contribution in [2.75, 3.05) is 12.4 Å². The van der Waals surface area contributed by atoms with Gasteiger partial charge in [-0.1, -0.05) is 12.1 Å². The van der Waals surface area contributed by atoms with Crippen LogP contribution in [0.5, 0.6) is 0 Å². The van der Waals surface area contributed by atoms with Gasteiger partial charge in [0.05, 0.1) is 6.61 Å². The van der Waals surface area contributed by atoms with Gasteiger partial charge in [-0.05, 0) is 29.8 Å². The van der Waals surface area contributed by atoms with Crippen LogP contribution >= 0.6 is 0 Å². The van der Waals surface area contributed by atoms with Gasteiger partial charge in [0.1, 0.15) is 5.56 Å². The maximum Gasteiger partial charge on any atom is 0.261 e. The molecule has 0 aliphatic rings. The summed E-state index contributed by atoms with van der Waals surface area (Å²) in [4.78, 5) is 25.9. The second kappa shape index (κ2) is 5.97. The molecule has 19 heavy (non-hydrogen) atoms. The number of benzene rings is 1. The topological polar surface area (TPSA) is 71.2 Å². The smallest absolute Gasteiger partial charge is 0.261 e. The number of carbonyl (C=O) groups is 1. The van der Waals surface area contributed by atoms with Gasteiger partial charge in [0.25, 0.3) is 11.5 Å². The van der Waals surface area contributed by atoms with Gasteiger partial charge < -0.3 is 15.0 Å². The standard InChI is InChI=1S/C14H14N2O3/c1-19-9-10-4-2-5-11(8-10)16-14(18)12-6-3-7-15-13(12)17/h2-8H,9H2,1H3,(H,15,17)(H,16,18). The zero-order valence-electron chi connectivity index (χ0n) is 10.5. The molecule has 0 spiro atoms. The highest BCUT2D eigenvalue weighted by Gasteiger charge is 2.09. The van der Waals surface area contributed by atoms with Crippen LogP contribution in [0.1, 0.15) is 15.9 Å². The number of nitrogens with one attached hydrogen (secondary N) is 2. The van der Waals surface area contributed by atoms with E-state index < -0.39 is 11.5 Å². The lowest BCUT2D eigenvalue weighted by molar-refractivity contribution is 0.102. The first-order valence-corrected chi connectivity index (χ1v) is 5.77. The number of amides is 1. The number of carbonyl (C=O) groups excluding carboxylic acids is 1. The van der Waals surface area contributed by atoms with E-state index in [-0.39, 0.29) is 5.56 Å². The highest BCUT2D eigenvalue weighted by atomic mass is 16.5. The second-order valence-electron chi connectivity index (χ2n) is 4.00. The molecule has 1 amide bonds. The molecule has 0 unspecified atom stereocenters. The van der Waals surface area contributed by atoms with E-state index in [0.717, 1.165) is 5.56 Å². The normalized spacial score (nSPS) is 10.2. The SMILES string of the molecule is COCc1cccc(NC(=O)c2ccc[nH]c2=O)c1. The molecular formula is C14H14N2O3. The first kappa shape index (κ1) is 13.0. The summed E-state index contributed by atoms with van der Waals surface area (Å²) in [6.07, 6.45) is 1.48. The Morgan fingerprint density at radius 1 is 1.32 bits per heavy atom. The molecule has 0 saturated heterocycles. The third kappa shape index (κ3) is 3.29. The first-order chi connectivity index (χ1) is 9.20. The van der Waals surface area contributed by atoms with Crippen molar-refractivity contribution in [1.82, 2.24) is 4.98 Å². The van der Waals surface area contributed by atoms with Crippen LogP contribution < -0.4 is 10.9 Å². The number of H-pyrrole nitrogens is 1. The lowest BCUT2D eigenvalue weighted by Crippen LogP contribution is -2.22. The van der Waals surface area contributed by atoms with Crippen molar-refractivity contribution in [2.24, 2.45) is 0 Å². The summed E-state index contributed by atoms with van der Waals surface area (Å²) in [6.45, 7) is 0.468. The minimum Gasteiger partial charge on any atom is -0.380 e. The number of aromatic amines is 1. The zero-order valence-corrected chi connectivity index (χ0v) is 10.5. The predicted octanol–water partition coefficient (Wildman–Crippen LogP) is 1.77. The van der Waals surface area contributed by atoms with Crippen LogP contribution in [0.15, 0.2) is 47.4 Å². The first-order valence-electron chi connectivity index (χ1n) is 5.77. The molecule has 0 atom stereocenters. The third-order valence-corrected chi connectivity index (χ3v) is 2.56. The lowest BCUT2D eigenvalue weighted by Gasteiger charge is -2.06. The second-order valence-corrected chi connectivity index (χ2v) is 4.00. The number of aromatic nitrogens is 1. The van der Waals surface area contributed by atoms with Crippen LogP contribution in [0.4, 0.5) is 5.69 Å². The van der Waals surface area contributed by atoms with Crippen molar-refractivity contribution in [1.29, 1.82) is 0 Å². The molecule has 5 heteroatoms. The molecule has 0 saturated carbocycles. The molecule has 5 nitrogen and oxygen atoms in total. The van der Waals surface area contributed by atoms with E-state index in [0.29, 0.717) is 12.3 Å². The van der Waals surface area contributed by atoms with Crippen LogP contribution in [0.25, 0.3) is 0 Å². The predicted molar refractivity (Wildman–Crippen MR) is 72.2 cm³/mol. The largest absolute Gasteiger partial charge is 0.380 e. The van der Waals surface area contributed by atoms with Gasteiger partial charge in [-0.25, -0.2) is 0 Å². The maximum absolute atomic E-state index is 11.9. The molecule has 0 aliphatic carbocycles. The van der Waals surface area contributed by atoms with E-state index >= 15 is 0 Å². The Labute approximate surface area is 110 Å². The maximum atomic E-state index is 11.9. The van der Waals surface area contributed by atoms with Crippen molar-refractivity contribution >= 4 is 11.6 Å². The van der Waals surface area contributed by atoms with E-state index in [1.807, 2.05) is 12.1 Å². The Kier molecular flexibility index (Phi) is 4.10. The van der Waals surface area contributed by atoms with Gasteiger partial charge in [0.15, 0.2) is 0 Å². The summed E-state index contributed by atoms with van der Waals surface area (Å²) in [7, 11) is 1.61. The molecule has 0 bridgehead atoms. The van der Waals surface area contributed by atoms with Crippen LogP contribution in [0.2, 0.25) is 0 Å². The fourth-order valence-corrected chi connectivity index (χ4v) is 1.70. The van der Waals surface area contributed by atoms with E-state index in [2.05, 4.69) is 10.3 Å². The average Bonchev–Trinajstić information content (AvgIpc) is 2.40. The molecule has 2 N–H and O–H groups in total. The highest BCUT2D eigenvalue weighted by Crippen LogP contribution is 2.12. The fraction of sp³-hybridized carbons (Fsp3) is 0.143. The Hall–Kier alpha value is -2.40. The van der Waals surface area contributed by atoms with Gasteiger partial charge >= 0.3 is 0 Å². The van der Waals surface area contributed by atoms with E-state index in [1.54, 1.807) is 25.3 Å². The number of rotatable bonds is 4.